The van der Waals surface area contributed by atoms with Crippen molar-refractivity contribution in [2.45, 2.75) is 23.6 Å². The maximum Gasteiger partial charge on any atom is 0.416 e. The fourth-order valence-corrected chi connectivity index (χ4v) is 6.68. The van der Waals surface area contributed by atoms with Gasteiger partial charge in [0.2, 0.25) is 0 Å². The van der Waals surface area contributed by atoms with Crippen LogP contribution in [0.25, 0.3) is 0 Å². The monoisotopic (exact) mass is 404 g/mol. The Bertz CT molecular complexity index is 802. The molecule has 1 aromatic rings. The van der Waals surface area contributed by atoms with Crippen molar-refractivity contribution in [1.29, 1.82) is 5.41 Å². The Morgan fingerprint density at radius 3 is 2.00 bits per heavy atom. The van der Waals surface area contributed by atoms with Crippen molar-refractivity contribution in [1.82, 2.24) is 0 Å². The van der Waals surface area contributed by atoms with Crippen LogP contribution in [0.2, 0.25) is 0 Å². The van der Waals surface area contributed by atoms with Crippen LogP contribution in [-0.4, -0.2) is 36.4 Å². The van der Waals surface area contributed by atoms with Crippen molar-refractivity contribution in [2.24, 2.45) is 0 Å². The number of hydrogen-bond acceptors (Lipinski definition) is 4. The minimum absolute atomic E-state index is 0.000786. The number of halogens is 6. The van der Waals surface area contributed by atoms with Gasteiger partial charge in [-0.2, -0.15) is 26.3 Å². The first kappa shape index (κ1) is 18.4. The Morgan fingerprint density at radius 2 is 1.52 bits per heavy atom. The van der Waals surface area contributed by atoms with Crippen molar-refractivity contribution in [3.8, 4) is 0 Å². The number of nitrogens with zero attached hydrogens (tertiary/aromatic N) is 1. The number of amidine groups is 1. The van der Waals surface area contributed by atoms with Crippen LogP contribution in [0.1, 0.15) is 11.1 Å². The van der Waals surface area contributed by atoms with Gasteiger partial charge in [-0.05, 0) is 18.2 Å². The highest BCUT2D eigenvalue weighted by molar-refractivity contribution is 8.15. The summed E-state index contributed by atoms with van der Waals surface area (Å²) in [7, 11) is -3.45. The fraction of sp³-hybridized carbons (Fsp3) is 0.462. The number of thioether (sulfide) groups is 1. The molecule has 1 N–H and O–H groups in total. The molecular formula is C13H10F6N2O2S2. The van der Waals surface area contributed by atoms with Crippen LogP contribution in [0, 0.1) is 5.41 Å². The van der Waals surface area contributed by atoms with Crippen molar-refractivity contribution < 1.29 is 34.8 Å². The molecule has 0 spiro atoms. The Hall–Kier alpha value is -1.43. The van der Waals surface area contributed by atoms with E-state index in [-0.39, 0.29) is 17.0 Å². The summed E-state index contributed by atoms with van der Waals surface area (Å²) >= 11 is 0.836. The Balaban J connectivity index is 2.11. The molecule has 2 aliphatic rings. The molecule has 3 rings (SSSR count). The van der Waals surface area contributed by atoms with Gasteiger partial charge in [0.05, 0.1) is 28.7 Å². The van der Waals surface area contributed by atoms with Gasteiger partial charge in [-0.3, -0.25) is 5.41 Å². The minimum Gasteiger partial charge on any atom is -0.316 e. The van der Waals surface area contributed by atoms with Crippen LogP contribution in [0.3, 0.4) is 0 Å². The van der Waals surface area contributed by atoms with Gasteiger partial charge in [0.15, 0.2) is 15.0 Å². The maximum absolute atomic E-state index is 13.0. The van der Waals surface area contributed by atoms with Crippen LogP contribution in [0.5, 0.6) is 0 Å². The lowest BCUT2D eigenvalue weighted by Crippen LogP contribution is -2.37. The van der Waals surface area contributed by atoms with Crippen molar-refractivity contribution >= 4 is 32.5 Å². The summed E-state index contributed by atoms with van der Waals surface area (Å²) in [6.07, 6.45) is -10.0. The van der Waals surface area contributed by atoms with E-state index < -0.39 is 56.0 Å². The van der Waals surface area contributed by atoms with E-state index >= 15 is 0 Å². The Kier molecular flexibility index (Phi) is 4.06. The van der Waals surface area contributed by atoms with Gasteiger partial charge >= 0.3 is 12.4 Å². The number of sulfone groups is 1. The average Bonchev–Trinajstić information content (AvgIpc) is 2.86. The molecule has 2 aliphatic heterocycles. The van der Waals surface area contributed by atoms with Crippen molar-refractivity contribution in [3.05, 3.63) is 29.3 Å². The first-order valence-electron chi connectivity index (χ1n) is 6.82. The molecular weight excluding hydrogens is 394 g/mol. The predicted molar refractivity (Wildman–Crippen MR) is 80.5 cm³/mol. The summed E-state index contributed by atoms with van der Waals surface area (Å²) in [6.45, 7) is 0. The fourth-order valence-electron chi connectivity index (χ4n) is 2.89. The van der Waals surface area contributed by atoms with Gasteiger partial charge in [-0.1, -0.05) is 11.8 Å². The summed E-state index contributed by atoms with van der Waals surface area (Å²) in [5, 5.41) is 7.01. The van der Waals surface area contributed by atoms with Crippen LogP contribution < -0.4 is 4.90 Å². The summed E-state index contributed by atoms with van der Waals surface area (Å²) in [4.78, 5) is 0.949. The van der Waals surface area contributed by atoms with E-state index in [1.54, 1.807) is 0 Å². The highest BCUT2D eigenvalue weighted by Gasteiger charge is 2.49. The molecule has 138 valence electrons. The molecule has 2 fully saturated rings. The van der Waals surface area contributed by atoms with E-state index in [1.165, 1.54) is 0 Å². The van der Waals surface area contributed by atoms with Crippen molar-refractivity contribution in [2.75, 3.05) is 16.4 Å². The highest BCUT2D eigenvalue weighted by Crippen LogP contribution is 2.44. The second-order valence-electron chi connectivity index (χ2n) is 5.74. The SMILES string of the molecule is N=C1S[C@H]2CS(=O)(=O)C[C@H]2N1c1cc(C(F)(F)F)cc(C(F)(F)F)c1. The third-order valence-corrected chi connectivity index (χ3v) is 7.07. The van der Waals surface area contributed by atoms with Gasteiger partial charge in [0, 0.05) is 10.9 Å². The molecule has 0 aliphatic carbocycles. The Morgan fingerprint density at radius 1 is 1.00 bits per heavy atom. The molecule has 0 bridgehead atoms. The second kappa shape index (κ2) is 5.53. The molecule has 0 radical (unpaired) electrons. The van der Waals surface area contributed by atoms with Crippen molar-refractivity contribution in [3.63, 3.8) is 0 Å². The van der Waals surface area contributed by atoms with Gasteiger partial charge in [-0.25, -0.2) is 8.42 Å². The molecule has 0 unspecified atom stereocenters. The highest BCUT2D eigenvalue weighted by atomic mass is 32.2. The topological polar surface area (TPSA) is 61.2 Å². The largest absolute Gasteiger partial charge is 0.416 e. The number of hydrogen-bond donors (Lipinski definition) is 1. The average molecular weight is 404 g/mol. The molecule has 25 heavy (non-hydrogen) atoms. The van der Waals surface area contributed by atoms with E-state index in [1.807, 2.05) is 0 Å². The lowest BCUT2D eigenvalue weighted by Gasteiger charge is -2.26. The molecule has 0 saturated carbocycles. The zero-order chi connectivity index (χ0) is 18.8. The first-order valence-corrected chi connectivity index (χ1v) is 9.52. The van der Waals surface area contributed by atoms with Gasteiger partial charge < -0.3 is 4.90 Å². The number of benzene rings is 1. The van der Waals surface area contributed by atoms with Crippen LogP contribution in [0.15, 0.2) is 18.2 Å². The van der Waals surface area contributed by atoms with Gasteiger partial charge in [-0.15, -0.1) is 0 Å². The minimum atomic E-state index is -5.01. The zero-order valence-corrected chi connectivity index (χ0v) is 13.8. The second-order valence-corrected chi connectivity index (χ2v) is 9.12. The normalized spacial score (nSPS) is 26.2. The van der Waals surface area contributed by atoms with Crippen LogP contribution in [0.4, 0.5) is 32.0 Å². The lowest BCUT2D eigenvalue weighted by molar-refractivity contribution is -0.143. The molecule has 1 aromatic carbocycles. The molecule has 4 nitrogen and oxygen atoms in total. The molecule has 2 atom stereocenters. The third kappa shape index (κ3) is 3.46. The molecule has 12 heteroatoms. The maximum atomic E-state index is 13.0. The number of anilines is 1. The van der Waals surface area contributed by atoms with Crippen LogP contribution in [-0.2, 0) is 22.2 Å². The summed E-state index contributed by atoms with van der Waals surface area (Å²) in [6, 6.07) is 0.168. The van der Waals surface area contributed by atoms with Gasteiger partial charge in [0.1, 0.15) is 0 Å². The third-order valence-electron chi connectivity index (χ3n) is 3.94. The van der Waals surface area contributed by atoms with E-state index in [0.717, 1.165) is 16.7 Å². The first-order chi connectivity index (χ1) is 11.3. The molecule has 2 saturated heterocycles. The standard InChI is InChI=1S/C13H10F6N2O2S2/c14-12(15,16)6-1-7(13(17,18)19)3-8(2-6)21-9-4-25(22,23)5-10(9)24-11(21)20/h1-3,9-10,20H,4-5H2/t9-,10+/m1/s1. The quantitative estimate of drug-likeness (QED) is 0.729. The Labute approximate surface area is 142 Å². The number of fused-ring (bicyclic) bond motifs is 1. The van der Waals surface area contributed by atoms with E-state index in [9.17, 15) is 34.8 Å². The molecule has 0 aromatic heterocycles. The van der Waals surface area contributed by atoms with Gasteiger partial charge in [0.25, 0.3) is 0 Å². The lowest BCUT2D eigenvalue weighted by atomic mass is 10.1. The predicted octanol–water partition coefficient (Wildman–Crippen LogP) is 3.38. The number of alkyl halides is 6. The molecule has 2 heterocycles. The van der Waals surface area contributed by atoms with E-state index in [4.69, 9.17) is 5.41 Å². The summed E-state index contributed by atoms with van der Waals surface area (Å²) in [5.74, 6) is -0.670. The molecule has 0 amide bonds. The summed E-state index contributed by atoms with van der Waals surface area (Å²) in [5.41, 5.74) is -3.48. The smallest absolute Gasteiger partial charge is 0.316 e. The van der Waals surface area contributed by atoms with Crippen LogP contribution >= 0.6 is 11.8 Å². The summed E-state index contributed by atoms with van der Waals surface area (Å²) < 4.78 is 101. The number of nitrogens with one attached hydrogen (secondary N) is 1. The van der Waals surface area contributed by atoms with E-state index in [2.05, 4.69) is 0 Å². The number of rotatable bonds is 1. The zero-order valence-electron chi connectivity index (χ0n) is 12.1. The van der Waals surface area contributed by atoms with E-state index in [0.29, 0.717) is 12.1 Å².